The Morgan fingerprint density at radius 1 is 1.11 bits per heavy atom. The molecule has 1 aromatic rings. The van der Waals surface area contributed by atoms with Gasteiger partial charge in [0, 0.05) is 13.1 Å². The lowest BCUT2D eigenvalue weighted by molar-refractivity contribution is -0.138. The number of alkyl halides is 3. The number of rotatable bonds is 1. The van der Waals surface area contributed by atoms with Crippen LogP contribution in [0.4, 0.5) is 13.2 Å². The minimum absolute atomic E-state index is 0.257. The largest absolute Gasteiger partial charge is 0.417 e. The van der Waals surface area contributed by atoms with Crippen LogP contribution in [0.5, 0.6) is 0 Å². The molecule has 0 saturated carbocycles. The number of amides is 1. The van der Waals surface area contributed by atoms with Gasteiger partial charge in [-0.05, 0) is 31.4 Å². The molecule has 1 fully saturated rings. The molecule has 2 nitrogen and oxygen atoms in total. The van der Waals surface area contributed by atoms with Crippen LogP contribution in [0.15, 0.2) is 24.3 Å². The van der Waals surface area contributed by atoms with Crippen molar-refractivity contribution in [2.75, 3.05) is 13.1 Å². The van der Waals surface area contributed by atoms with Gasteiger partial charge in [0.25, 0.3) is 5.91 Å². The molecule has 0 aliphatic carbocycles. The summed E-state index contributed by atoms with van der Waals surface area (Å²) in [5.74, 6) is -0.531. The summed E-state index contributed by atoms with van der Waals surface area (Å²) in [5, 5.41) is 0. The van der Waals surface area contributed by atoms with Gasteiger partial charge in [0.15, 0.2) is 0 Å². The van der Waals surface area contributed by atoms with Crippen molar-refractivity contribution >= 4 is 5.91 Å². The van der Waals surface area contributed by atoms with Crippen LogP contribution in [0, 0.1) is 6.42 Å². The third-order valence-corrected chi connectivity index (χ3v) is 2.96. The second kappa shape index (κ2) is 5.00. The Morgan fingerprint density at radius 3 is 2.33 bits per heavy atom. The highest BCUT2D eigenvalue weighted by molar-refractivity contribution is 5.96. The quantitative estimate of drug-likeness (QED) is 0.755. The van der Waals surface area contributed by atoms with E-state index < -0.39 is 17.6 Å². The van der Waals surface area contributed by atoms with Crippen molar-refractivity contribution in [1.29, 1.82) is 0 Å². The van der Waals surface area contributed by atoms with Gasteiger partial charge in [0.1, 0.15) is 0 Å². The van der Waals surface area contributed by atoms with Gasteiger partial charge >= 0.3 is 6.18 Å². The monoisotopic (exact) mass is 256 g/mol. The van der Waals surface area contributed by atoms with Crippen LogP contribution in [-0.2, 0) is 6.18 Å². The fourth-order valence-electron chi connectivity index (χ4n) is 2.04. The van der Waals surface area contributed by atoms with Crippen LogP contribution in [0.3, 0.4) is 0 Å². The van der Waals surface area contributed by atoms with Crippen LogP contribution >= 0.6 is 0 Å². The van der Waals surface area contributed by atoms with Gasteiger partial charge in [-0.1, -0.05) is 12.1 Å². The molecule has 18 heavy (non-hydrogen) atoms. The molecule has 0 bridgehead atoms. The van der Waals surface area contributed by atoms with Crippen LogP contribution < -0.4 is 0 Å². The van der Waals surface area contributed by atoms with E-state index in [1.165, 1.54) is 23.1 Å². The standard InChI is InChI=1S/C13H13F3NO/c14-13(15,16)11-7-3-2-6-10(11)12(18)17-8-4-1-5-9-17/h1-3,6-7H,4-5,8-9H2. The maximum atomic E-state index is 12.8. The van der Waals surface area contributed by atoms with E-state index >= 15 is 0 Å². The zero-order valence-corrected chi connectivity index (χ0v) is 9.70. The highest BCUT2D eigenvalue weighted by Crippen LogP contribution is 2.32. The highest BCUT2D eigenvalue weighted by Gasteiger charge is 2.35. The molecule has 1 amide bonds. The molecule has 1 aliphatic rings. The molecule has 1 aliphatic heterocycles. The molecule has 1 aromatic carbocycles. The summed E-state index contributed by atoms with van der Waals surface area (Å²) in [6, 6.07) is 4.94. The first-order valence-corrected chi connectivity index (χ1v) is 5.77. The average Bonchev–Trinajstić information content (AvgIpc) is 2.38. The van der Waals surface area contributed by atoms with Crippen molar-refractivity contribution < 1.29 is 18.0 Å². The maximum Gasteiger partial charge on any atom is 0.417 e. The Labute approximate surface area is 103 Å². The first-order chi connectivity index (χ1) is 8.50. The van der Waals surface area contributed by atoms with E-state index in [2.05, 4.69) is 0 Å². The Bertz CT molecular complexity index is 436. The summed E-state index contributed by atoms with van der Waals surface area (Å²) in [5.41, 5.74) is -1.11. The number of likely N-dealkylation sites (tertiary alicyclic amines) is 1. The van der Waals surface area contributed by atoms with Crippen LogP contribution in [-0.4, -0.2) is 23.9 Å². The number of nitrogens with zero attached hydrogens (tertiary/aromatic N) is 1. The fraction of sp³-hybridized carbons (Fsp3) is 0.385. The molecule has 1 radical (unpaired) electrons. The summed E-state index contributed by atoms with van der Waals surface area (Å²) >= 11 is 0. The van der Waals surface area contributed by atoms with Crippen molar-refractivity contribution in [2.24, 2.45) is 0 Å². The second-order valence-corrected chi connectivity index (χ2v) is 4.20. The molecule has 0 spiro atoms. The van der Waals surface area contributed by atoms with Crippen molar-refractivity contribution in [1.82, 2.24) is 4.90 Å². The topological polar surface area (TPSA) is 20.3 Å². The van der Waals surface area contributed by atoms with Crippen molar-refractivity contribution in [3.8, 4) is 0 Å². The van der Waals surface area contributed by atoms with E-state index in [1.807, 2.05) is 6.42 Å². The first kappa shape index (κ1) is 12.9. The molecule has 2 rings (SSSR count). The zero-order chi connectivity index (χ0) is 13.2. The summed E-state index contributed by atoms with van der Waals surface area (Å²) < 4.78 is 38.4. The number of hydrogen-bond donors (Lipinski definition) is 0. The van der Waals surface area contributed by atoms with Crippen LogP contribution in [0.25, 0.3) is 0 Å². The van der Waals surface area contributed by atoms with E-state index in [4.69, 9.17) is 0 Å². The van der Waals surface area contributed by atoms with Gasteiger partial charge in [-0.3, -0.25) is 4.79 Å². The maximum absolute atomic E-state index is 12.8. The number of carbonyl (C=O) groups excluding carboxylic acids is 1. The van der Waals surface area contributed by atoms with E-state index in [9.17, 15) is 18.0 Å². The van der Waals surface area contributed by atoms with E-state index in [1.54, 1.807) is 0 Å². The first-order valence-electron chi connectivity index (χ1n) is 5.77. The summed E-state index contributed by atoms with van der Waals surface area (Å²) in [6.07, 6.45) is -0.979. The third-order valence-electron chi connectivity index (χ3n) is 2.96. The van der Waals surface area contributed by atoms with Crippen molar-refractivity contribution in [3.05, 3.63) is 41.8 Å². The molecule has 0 atom stereocenters. The van der Waals surface area contributed by atoms with Gasteiger partial charge in [0.2, 0.25) is 0 Å². The minimum Gasteiger partial charge on any atom is -0.339 e. The lowest BCUT2D eigenvalue weighted by Gasteiger charge is -2.27. The van der Waals surface area contributed by atoms with E-state index in [0.29, 0.717) is 13.1 Å². The lowest BCUT2D eigenvalue weighted by atomic mass is 10.0. The Morgan fingerprint density at radius 2 is 1.72 bits per heavy atom. The predicted molar refractivity (Wildman–Crippen MR) is 60.9 cm³/mol. The van der Waals surface area contributed by atoms with Gasteiger partial charge < -0.3 is 4.90 Å². The molecule has 0 N–H and O–H groups in total. The molecule has 5 heteroatoms. The average molecular weight is 256 g/mol. The number of carbonyl (C=O) groups is 1. The fourth-order valence-corrected chi connectivity index (χ4v) is 2.04. The Balaban J connectivity index is 2.30. The second-order valence-electron chi connectivity index (χ2n) is 4.20. The van der Waals surface area contributed by atoms with Crippen molar-refractivity contribution in [3.63, 3.8) is 0 Å². The Hall–Kier alpha value is -1.52. The molecule has 0 aromatic heterocycles. The molecular formula is C13H13F3NO. The van der Waals surface area contributed by atoms with Gasteiger partial charge in [-0.15, -0.1) is 0 Å². The predicted octanol–water partition coefficient (Wildman–Crippen LogP) is 3.15. The summed E-state index contributed by atoms with van der Waals surface area (Å²) in [4.78, 5) is 13.6. The molecule has 0 unspecified atom stereocenters. The Kier molecular flexibility index (Phi) is 3.59. The molecule has 1 saturated heterocycles. The number of benzene rings is 1. The van der Waals surface area contributed by atoms with Crippen molar-refractivity contribution in [2.45, 2.75) is 19.0 Å². The number of piperidine rings is 1. The van der Waals surface area contributed by atoms with Crippen LogP contribution in [0.2, 0.25) is 0 Å². The normalized spacial score (nSPS) is 16.7. The van der Waals surface area contributed by atoms with Gasteiger partial charge in [-0.2, -0.15) is 13.2 Å². The third kappa shape index (κ3) is 2.66. The molecular weight excluding hydrogens is 243 g/mol. The van der Waals surface area contributed by atoms with Crippen LogP contribution in [0.1, 0.15) is 28.8 Å². The molecule has 97 valence electrons. The van der Waals surface area contributed by atoms with E-state index in [0.717, 1.165) is 18.9 Å². The minimum atomic E-state index is -4.49. The SMILES string of the molecule is O=C(c1ccccc1C(F)(F)F)N1CC[CH]CC1. The van der Waals surface area contributed by atoms with Gasteiger partial charge in [-0.25, -0.2) is 0 Å². The van der Waals surface area contributed by atoms with Gasteiger partial charge in [0.05, 0.1) is 11.1 Å². The number of hydrogen-bond acceptors (Lipinski definition) is 1. The zero-order valence-electron chi connectivity index (χ0n) is 9.70. The molecule has 1 heterocycles. The lowest BCUT2D eigenvalue weighted by Crippen LogP contribution is -2.36. The summed E-state index contributed by atoms with van der Waals surface area (Å²) in [7, 11) is 0. The number of halogens is 3. The smallest absolute Gasteiger partial charge is 0.339 e. The van der Waals surface area contributed by atoms with E-state index in [-0.39, 0.29) is 5.56 Å². The highest BCUT2D eigenvalue weighted by atomic mass is 19.4. The summed E-state index contributed by atoms with van der Waals surface area (Å²) in [6.45, 7) is 0.982.